The van der Waals surface area contributed by atoms with Crippen LogP contribution in [-0.4, -0.2) is 25.8 Å². The van der Waals surface area contributed by atoms with Gasteiger partial charge >= 0.3 is 0 Å². The Morgan fingerprint density at radius 1 is 1.22 bits per heavy atom. The van der Waals surface area contributed by atoms with E-state index in [-0.39, 0.29) is 0 Å². The second kappa shape index (κ2) is 9.37. The minimum Gasteiger partial charge on any atom is -0.380 e. The summed E-state index contributed by atoms with van der Waals surface area (Å²) < 4.78 is 5.65. The van der Waals surface area contributed by atoms with Gasteiger partial charge in [0.2, 0.25) is 0 Å². The third-order valence-electron chi connectivity index (χ3n) is 2.77. The summed E-state index contributed by atoms with van der Waals surface area (Å²) in [5, 5.41) is 4.36. The zero-order chi connectivity index (χ0) is 13.2. The van der Waals surface area contributed by atoms with Gasteiger partial charge in [-0.25, -0.2) is 0 Å². The molecule has 0 fully saturated rings. The van der Waals surface area contributed by atoms with Gasteiger partial charge in [-0.3, -0.25) is 0 Å². The van der Waals surface area contributed by atoms with E-state index in [1.807, 2.05) is 18.2 Å². The van der Waals surface area contributed by atoms with Crippen molar-refractivity contribution in [1.82, 2.24) is 5.32 Å². The van der Waals surface area contributed by atoms with Gasteiger partial charge in [0.15, 0.2) is 0 Å². The molecular formula is C15H24ClNO. The minimum atomic E-state index is 0.344. The number of benzene rings is 1. The molecule has 0 radical (unpaired) electrons. The van der Waals surface area contributed by atoms with E-state index in [2.05, 4.69) is 25.2 Å². The van der Waals surface area contributed by atoms with Gasteiger partial charge < -0.3 is 10.1 Å². The zero-order valence-corrected chi connectivity index (χ0v) is 12.2. The first-order valence-electron chi connectivity index (χ1n) is 6.82. The van der Waals surface area contributed by atoms with E-state index in [9.17, 15) is 0 Å². The quantitative estimate of drug-likeness (QED) is 0.691. The Bertz CT molecular complexity index is 330. The zero-order valence-electron chi connectivity index (χ0n) is 11.4. The molecular weight excluding hydrogens is 246 g/mol. The fourth-order valence-electron chi connectivity index (χ4n) is 1.84. The highest BCUT2D eigenvalue weighted by atomic mass is 35.5. The molecule has 102 valence electrons. The van der Waals surface area contributed by atoms with E-state index in [0.717, 1.165) is 44.0 Å². The van der Waals surface area contributed by atoms with Gasteiger partial charge in [0, 0.05) is 17.7 Å². The van der Waals surface area contributed by atoms with Crippen LogP contribution in [0.15, 0.2) is 24.3 Å². The molecule has 1 aromatic carbocycles. The van der Waals surface area contributed by atoms with Crippen molar-refractivity contribution in [3.8, 4) is 0 Å². The van der Waals surface area contributed by atoms with Gasteiger partial charge in [-0.15, -0.1) is 0 Å². The van der Waals surface area contributed by atoms with Gasteiger partial charge in [-0.1, -0.05) is 43.6 Å². The lowest BCUT2D eigenvalue weighted by Gasteiger charge is -2.19. The van der Waals surface area contributed by atoms with Gasteiger partial charge in [0.1, 0.15) is 0 Å². The lowest BCUT2D eigenvalue weighted by Crippen LogP contribution is -2.36. The topological polar surface area (TPSA) is 21.3 Å². The molecule has 3 heteroatoms. The highest BCUT2D eigenvalue weighted by Gasteiger charge is 2.10. The van der Waals surface area contributed by atoms with Crippen molar-refractivity contribution in [2.45, 2.75) is 39.2 Å². The molecule has 0 saturated carbocycles. The van der Waals surface area contributed by atoms with E-state index in [0.29, 0.717) is 6.04 Å². The van der Waals surface area contributed by atoms with Crippen LogP contribution in [0.25, 0.3) is 0 Å². The number of ether oxygens (including phenoxy) is 1. The Labute approximate surface area is 116 Å². The first kappa shape index (κ1) is 15.5. The number of halogens is 1. The van der Waals surface area contributed by atoms with Gasteiger partial charge in [-0.05, 0) is 37.4 Å². The molecule has 18 heavy (non-hydrogen) atoms. The number of hydrogen-bond acceptors (Lipinski definition) is 2. The molecule has 0 bridgehead atoms. The third-order valence-corrected chi connectivity index (χ3v) is 3.14. The highest BCUT2D eigenvalue weighted by Crippen LogP contribution is 2.16. The predicted molar refractivity (Wildman–Crippen MR) is 78.3 cm³/mol. The average Bonchev–Trinajstić information content (AvgIpc) is 2.38. The number of hydrogen-bond donors (Lipinski definition) is 1. The monoisotopic (exact) mass is 269 g/mol. The van der Waals surface area contributed by atoms with Crippen molar-refractivity contribution in [1.29, 1.82) is 0 Å². The second-order valence-corrected chi connectivity index (χ2v) is 4.93. The van der Waals surface area contributed by atoms with Crippen LogP contribution in [0.2, 0.25) is 5.02 Å². The number of nitrogens with one attached hydrogen (secondary N) is 1. The second-order valence-electron chi connectivity index (χ2n) is 4.52. The van der Waals surface area contributed by atoms with Crippen LogP contribution in [0.1, 0.15) is 32.3 Å². The smallest absolute Gasteiger partial charge is 0.0622 e. The molecule has 1 rings (SSSR count). The minimum absolute atomic E-state index is 0.344. The normalized spacial score (nSPS) is 12.6. The maximum atomic E-state index is 6.20. The summed E-state index contributed by atoms with van der Waals surface area (Å²) in [6, 6.07) is 8.37. The van der Waals surface area contributed by atoms with Gasteiger partial charge in [0.25, 0.3) is 0 Å². The fraction of sp³-hybridized carbons (Fsp3) is 0.600. The van der Waals surface area contributed by atoms with Crippen LogP contribution >= 0.6 is 11.6 Å². The van der Waals surface area contributed by atoms with Gasteiger partial charge in [0.05, 0.1) is 6.61 Å². The Balaban J connectivity index is 2.51. The lowest BCUT2D eigenvalue weighted by atomic mass is 10.1. The Hall–Kier alpha value is -0.570. The molecule has 0 spiro atoms. The standard InChI is InChI=1S/C15H24ClNO/c1-3-9-17-14(12-18-10-4-2)11-13-7-5-6-8-15(13)16/h5-8,14,17H,3-4,9-12H2,1-2H3. The van der Waals surface area contributed by atoms with Crippen molar-refractivity contribution in [3.63, 3.8) is 0 Å². The first-order chi connectivity index (χ1) is 8.77. The van der Waals surface area contributed by atoms with Crippen molar-refractivity contribution >= 4 is 11.6 Å². The van der Waals surface area contributed by atoms with E-state index < -0.39 is 0 Å². The largest absolute Gasteiger partial charge is 0.380 e. The van der Waals surface area contributed by atoms with Crippen LogP contribution in [0.5, 0.6) is 0 Å². The lowest BCUT2D eigenvalue weighted by molar-refractivity contribution is 0.112. The summed E-state index contributed by atoms with van der Waals surface area (Å²) in [6.45, 7) is 6.89. The molecule has 0 aliphatic heterocycles. The predicted octanol–water partition coefficient (Wildman–Crippen LogP) is 3.68. The first-order valence-corrected chi connectivity index (χ1v) is 7.20. The fourth-order valence-corrected chi connectivity index (χ4v) is 2.05. The molecule has 1 N–H and O–H groups in total. The molecule has 0 aliphatic rings. The third kappa shape index (κ3) is 5.85. The van der Waals surface area contributed by atoms with Crippen molar-refractivity contribution < 1.29 is 4.74 Å². The van der Waals surface area contributed by atoms with E-state index in [1.165, 1.54) is 5.56 Å². The Morgan fingerprint density at radius 3 is 2.67 bits per heavy atom. The van der Waals surface area contributed by atoms with Crippen molar-refractivity contribution in [2.75, 3.05) is 19.8 Å². The summed E-state index contributed by atoms with van der Waals surface area (Å²) in [7, 11) is 0. The van der Waals surface area contributed by atoms with E-state index >= 15 is 0 Å². The van der Waals surface area contributed by atoms with Crippen LogP contribution in [0.4, 0.5) is 0 Å². The van der Waals surface area contributed by atoms with Gasteiger partial charge in [-0.2, -0.15) is 0 Å². The molecule has 2 nitrogen and oxygen atoms in total. The van der Waals surface area contributed by atoms with Crippen molar-refractivity contribution in [2.24, 2.45) is 0 Å². The highest BCUT2D eigenvalue weighted by molar-refractivity contribution is 6.31. The Morgan fingerprint density at radius 2 is 2.00 bits per heavy atom. The molecule has 1 aromatic rings. The van der Waals surface area contributed by atoms with E-state index in [4.69, 9.17) is 16.3 Å². The maximum absolute atomic E-state index is 6.20. The molecule has 0 amide bonds. The van der Waals surface area contributed by atoms with Crippen LogP contribution in [0.3, 0.4) is 0 Å². The molecule has 0 saturated heterocycles. The Kier molecular flexibility index (Phi) is 8.06. The van der Waals surface area contributed by atoms with Crippen LogP contribution < -0.4 is 5.32 Å². The maximum Gasteiger partial charge on any atom is 0.0622 e. The summed E-state index contributed by atoms with van der Waals surface area (Å²) >= 11 is 6.20. The summed E-state index contributed by atoms with van der Waals surface area (Å²) in [5.74, 6) is 0. The summed E-state index contributed by atoms with van der Waals surface area (Å²) in [4.78, 5) is 0. The molecule has 0 heterocycles. The molecule has 1 unspecified atom stereocenters. The van der Waals surface area contributed by atoms with Crippen molar-refractivity contribution in [3.05, 3.63) is 34.9 Å². The van der Waals surface area contributed by atoms with E-state index in [1.54, 1.807) is 0 Å². The average molecular weight is 270 g/mol. The summed E-state index contributed by atoms with van der Waals surface area (Å²) in [5.41, 5.74) is 1.19. The molecule has 0 aromatic heterocycles. The SMILES string of the molecule is CCCNC(COCCC)Cc1ccccc1Cl. The molecule has 1 atom stereocenters. The van der Waals surface area contributed by atoms with Crippen LogP contribution in [0, 0.1) is 0 Å². The van der Waals surface area contributed by atoms with Crippen LogP contribution in [-0.2, 0) is 11.2 Å². The summed E-state index contributed by atoms with van der Waals surface area (Å²) in [6.07, 6.45) is 3.11. The molecule has 0 aliphatic carbocycles. The number of rotatable bonds is 9.